The van der Waals surface area contributed by atoms with Gasteiger partial charge in [-0.05, 0) is 0 Å². The van der Waals surface area contributed by atoms with E-state index in [9.17, 15) is 4.79 Å². The highest BCUT2D eigenvalue weighted by Gasteiger charge is 2.23. The summed E-state index contributed by atoms with van der Waals surface area (Å²) in [5, 5.41) is 0. The molecule has 0 aromatic rings. The second kappa shape index (κ2) is 4.84. The molecule has 1 aliphatic heterocycles. The first kappa shape index (κ1) is 10.0. The van der Waals surface area contributed by atoms with Crippen molar-refractivity contribution in [3.8, 4) is 0 Å². The molecule has 0 aromatic heterocycles. The highest BCUT2D eigenvalue weighted by Crippen LogP contribution is 2.11. The minimum atomic E-state index is -0.802. The number of hydrogen-bond donors (Lipinski definition) is 1. The molecule has 0 radical (unpaired) electrons. The zero-order valence-electron chi connectivity index (χ0n) is 7.43. The van der Waals surface area contributed by atoms with Crippen LogP contribution in [0, 0.1) is 0 Å². The third kappa shape index (κ3) is 3.04. The SMILES string of the molecule is CO[C@H](COC(N)=O)[C@@H]1C=CCO1. The lowest BCUT2D eigenvalue weighted by molar-refractivity contribution is -0.0424. The van der Waals surface area contributed by atoms with Crippen molar-refractivity contribution >= 4 is 6.09 Å². The van der Waals surface area contributed by atoms with E-state index in [1.165, 1.54) is 7.11 Å². The van der Waals surface area contributed by atoms with E-state index in [-0.39, 0.29) is 18.8 Å². The molecule has 1 rings (SSSR count). The first-order valence-corrected chi connectivity index (χ1v) is 3.97. The predicted molar refractivity (Wildman–Crippen MR) is 45.2 cm³/mol. The molecule has 1 aliphatic rings. The van der Waals surface area contributed by atoms with Gasteiger partial charge in [-0.15, -0.1) is 0 Å². The normalized spacial score (nSPS) is 23.0. The van der Waals surface area contributed by atoms with Gasteiger partial charge in [-0.25, -0.2) is 4.79 Å². The molecule has 0 bridgehead atoms. The van der Waals surface area contributed by atoms with Crippen LogP contribution in [0.15, 0.2) is 12.2 Å². The molecule has 0 fully saturated rings. The summed E-state index contributed by atoms with van der Waals surface area (Å²) in [6.07, 6.45) is 2.53. The van der Waals surface area contributed by atoms with Crippen molar-refractivity contribution in [3.05, 3.63) is 12.2 Å². The monoisotopic (exact) mass is 187 g/mol. The van der Waals surface area contributed by atoms with E-state index < -0.39 is 6.09 Å². The summed E-state index contributed by atoms with van der Waals surface area (Å²) in [6, 6.07) is 0. The maximum absolute atomic E-state index is 10.3. The third-order valence-electron chi connectivity index (χ3n) is 1.77. The van der Waals surface area contributed by atoms with Crippen molar-refractivity contribution in [2.45, 2.75) is 12.2 Å². The van der Waals surface area contributed by atoms with E-state index in [0.717, 1.165) is 0 Å². The van der Waals surface area contributed by atoms with Crippen LogP contribution < -0.4 is 5.73 Å². The molecule has 0 saturated carbocycles. The summed E-state index contributed by atoms with van der Waals surface area (Å²) < 4.78 is 15.0. The van der Waals surface area contributed by atoms with E-state index in [1.807, 2.05) is 12.2 Å². The average Bonchev–Trinajstić information content (AvgIpc) is 2.58. The number of nitrogens with two attached hydrogens (primary N) is 1. The van der Waals surface area contributed by atoms with E-state index in [1.54, 1.807) is 0 Å². The fraction of sp³-hybridized carbons (Fsp3) is 0.625. The first-order chi connectivity index (χ1) is 6.24. The molecule has 0 aromatic carbocycles. The Kier molecular flexibility index (Phi) is 3.72. The minimum Gasteiger partial charge on any atom is -0.447 e. The van der Waals surface area contributed by atoms with Gasteiger partial charge >= 0.3 is 6.09 Å². The van der Waals surface area contributed by atoms with Gasteiger partial charge in [-0.1, -0.05) is 12.2 Å². The van der Waals surface area contributed by atoms with Gasteiger partial charge in [0.15, 0.2) is 0 Å². The number of methoxy groups -OCH3 is 1. The smallest absolute Gasteiger partial charge is 0.404 e. The van der Waals surface area contributed by atoms with Crippen LogP contribution in [0.1, 0.15) is 0 Å². The maximum atomic E-state index is 10.3. The zero-order valence-corrected chi connectivity index (χ0v) is 7.43. The molecule has 2 atom stereocenters. The fourth-order valence-electron chi connectivity index (χ4n) is 1.10. The molecule has 1 heterocycles. The van der Waals surface area contributed by atoms with Crippen molar-refractivity contribution in [2.75, 3.05) is 20.3 Å². The average molecular weight is 187 g/mol. The van der Waals surface area contributed by atoms with Crippen molar-refractivity contribution in [3.63, 3.8) is 0 Å². The lowest BCUT2D eigenvalue weighted by Crippen LogP contribution is -2.33. The number of carbonyl (C=O) groups is 1. The van der Waals surface area contributed by atoms with Gasteiger partial charge in [-0.2, -0.15) is 0 Å². The molecule has 13 heavy (non-hydrogen) atoms. The van der Waals surface area contributed by atoms with Gasteiger partial charge in [0.25, 0.3) is 0 Å². The standard InChI is InChI=1S/C8H13NO4/c1-11-7(5-13-8(9)10)6-3-2-4-12-6/h2-3,6-7H,4-5H2,1H3,(H2,9,10)/t6-,7+/m0/s1. The molecule has 5 heteroatoms. The Hall–Kier alpha value is -1.07. The topological polar surface area (TPSA) is 70.8 Å². The highest BCUT2D eigenvalue weighted by atomic mass is 16.6. The number of primary amides is 1. The minimum absolute atomic E-state index is 0.112. The van der Waals surface area contributed by atoms with E-state index in [4.69, 9.17) is 15.2 Å². The predicted octanol–water partition coefficient (Wildman–Crippen LogP) is 0.0517. The Morgan fingerprint density at radius 1 is 1.85 bits per heavy atom. The van der Waals surface area contributed by atoms with Crippen LogP contribution in [0.4, 0.5) is 4.79 Å². The molecular formula is C8H13NO4. The molecule has 5 nitrogen and oxygen atoms in total. The number of carbonyl (C=O) groups excluding carboxylic acids is 1. The first-order valence-electron chi connectivity index (χ1n) is 3.97. The Morgan fingerprint density at radius 3 is 3.08 bits per heavy atom. The second-order valence-corrected chi connectivity index (χ2v) is 2.63. The van der Waals surface area contributed by atoms with Crippen LogP contribution in [0.3, 0.4) is 0 Å². The summed E-state index contributed by atoms with van der Waals surface area (Å²) in [4.78, 5) is 10.3. The third-order valence-corrected chi connectivity index (χ3v) is 1.77. The Bertz CT molecular complexity index is 204. The molecule has 0 spiro atoms. The lowest BCUT2D eigenvalue weighted by Gasteiger charge is -2.19. The number of ether oxygens (including phenoxy) is 3. The fourth-order valence-corrected chi connectivity index (χ4v) is 1.10. The maximum Gasteiger partial charge on any atom is 0.404 e. The van der Waals surface area contributed by atoms with Crippen LogP contribution in [0.25, 0.3) is 0 Å². The highest BCUT2D eigenvalue weighted by molar-refractivity contribution is 5.64. The van der Waals surface area contributed by atoms with Crippen LogP contribution in [0.5, 0.6) is 0 Å². The lowest BCUT2D eigenvalue weighted by atomic mass is 10.2. The van der Waals surface area contributed by atoms with Crippen molar-refractivity contribution in [1.82, 2.24) is 0 Å². The second-order valence-electron chi connectivity index (χ2n) is 2.63. The number of amides is 1. The summed E-state index contributed by atoms with van der Waals surface area (Å²) in [5.41, 5.74) is 4.82. The summed E-state index contributed by atoms with van der Waals surface area (Å²) in [7, 11) is 1.53. The summed E-state index contributed by atoms with van der Waals surface area (Å²) in [5.74, 6) is 0. The van der Waals surface area contributed by atoms with Crippen LogP contribution in [0.2, 0.25) is 0 Å². The quantitative estimate of drug-likeness (QED) is 0.631. The number of hydrogen-bond acceptors (Lipinski definition) is 4. The molecule has 0 unspecified atom stereocenters. The van der Waals surface area contributed by atoms with Gasteiger partial charge in [0.1, 0.15) is 18.8 Å². The molecule has 0 aliphatic carbocycles. The van der Waals surface area contributed by atoms with Gasteiger partial charge in [0.05, 0.1) is 6.61 Å². The van der Waals surface area contributed by atoms with E-state index in [0.29, 0.717) is 6.61 Å². The summed E-state index contributed by atoms with van der Waals surface area (Å²) in [6.45, 7) is 0.682. The van der Waals surface area contributed by atoms with Crippen LogP contribution >= 0.6 is 0 Å². The van der Waals surface area contributed by atoms with E-state index >= 15 is 0 Å². The number of rotatable bonds is 4. The van der Waals surface area contributed by atoms with Gasteiger partial charge in [-0.3, -0.25) is 0 Å². The molecule has 2 N–H and O–H groups in total. The van der Waals surface area contributed by atoms with Crippen molar-refractivity contribution in [1.29, 1.82) is 0 Å². The Labute approximate surface area is 76.4 Å². The summed E-state index contributed by atoms with van der Waals surface area (Å²) >= 11 is 0. The van der Waals surface area contributed by atoms with Crippen LogP contribution in [-0.4, -0.2) is 38.6 Å². The zero-order chi connectivity index (χ0) is 9.68. The van der Waals surface area contributed by atoms with Crippen molar-refractivity contribution in [2.24, 2.45) is 5.73 Å². The molecule has 1 amide bonds. The molecule has 74 valence electrons. The van der Waals surface area contributed by atoms with Gasteiger partial charge in [0, 0.05) is 7.11 Å². The van der Waals surface area contributed by atoms with E-state index in [2.05, 4.69) is 4.74 Å². The largest absolute Gasteiger partial charge is 0.447 e. The van der Waals surface area contributed by atoms with Gasteiger partial charge in [0.2, 0.25) is 0 Å². The van der Waals surface area contributed by atoms with Crippen LogP contribution in [-0.2, 0) is 14.2 Å². The molecular weight excluding hydrogens is 174 g/mol. The Morgan fingerprint density at radius 2 is 2.62 bits per heavy atom. The molecule has 0 saturated heterocycles. The Balaban J connectivity index is 2.33. The van der Waals surface area contributed by atoms with Gasteiger partial charge < -0.3 is 19.9 Å². The van der Waals surface area contributed by atoms with Crippen molar-refractivity contribution < 1.29 is 19.0 Å².